The number of rotatable bonds is 4. The molecular formula is C20H26O8. The minimum atomic E-state index is -1.86. The lowest BCUT2D eigenvalue weighted by atomic mass is 9.83. The first-order valence-electron chi connectivity index (χ1n) is 9.25. The average molecular weight is 394 g/mol. The van der Waals surface area contributed by atoms with Gasteiger partial charge in [-0.1, -0.05) is 6.58 Å². The molecule has 28 heavy (non-hydrogen) atoms. The van der Waals surface area contributed by atoms with Gasteiger partial charge in [-0.3, -0.25) is 0 Å². The number of esters is 2. The van der Waals surface area contributed by atoms with Crippen molar-refractivity contribution in [3.8, 4) is 0 Å². The Morgan fingerprint density at radius 1 is 1.36 bits per heavy atom. The van der Waals surface area contributed by atoms with Crippen LogP contribution in [0.5, 0.6) is 0 Å². The zero-order valence-corrected chi connectivity index (χ0v) is 16.5. The lowest BCUT2D eigenvalue weighted by molar-refractivity contribution is -0.298. The van der Waals surface area contributed by atoms with Crippen LogP contribution in [0.3, 0.4) is 0 Å². The number of carbonyl (C=O) groups excluding carboxylic acids is 2. The Labute approximate surface area is 163 Å². The van der Waals surface area contributed by atoms with Gasteiger partial charge in [0.05, 0.1) is 17.8 Å². The summed E-state index contributed by atoms with van der Waals surface area (Å²) >= 11 is 0. The van der Waals surface area contributed by atoms with Crippen LogP contribution >= 0.6 is 0 Å². The van der Waals surface area contributed by atoms with Crippen LogP contribution in [-0.2, 0) is 28.5 Å². The largest absolute Gasteiger partial charge is 0.486 e. The van der Waals surface area contributed by atoms with E-state index < -0.39 is 35.0 Å². The molecule has 0 aromatic rings. The van der Waals surface area contributed by atoms with Gasteiger partial charge in [0.25, 0.3) is 0 Å². The van der Waals surface area contributed by atoms with E-state index in [2.05, 4.69) is 6.58 Å². The zero-order chi connectivity index (χ0) is 20.9. The molecule has 1 fully saturated rings. The second-order valence-corrected chi connectivity index (χ2v) is 7.93. The van der Waals surface area contributed by atoms with Crippen molar-refractivity contribution in [2.24, 2.45) is 0 Å². The van der Waals surface area contributed by atoms with E-state index in [1.807, 2.05) is 0 Å². The zero-order valence-electron chi connectivity index (χ0n) is 16.5. The molecule has 8 heteroatoms. The molecule has 0 amide bonds. The molecule has 154 valence electrons. The van der Waals surface area contributed by atoms with E-state index in [9.17, 15) is 19.8 Å². The number of hydrogen-bond acceptors (Lipinski definition) is 8. The number of aliphatic hydroxyl groups is 2. The second-order valence-electron chi connectivity index (χ2n) is 7.93. The molecule has 1 saturated heterocycles. The van der Waals surface area contributed by atoms with Crippen LogP contribution in [0, 0.1) is 0 Å². The molecule has 2 N–H and O–H groups in total. The van der Waals surface area contributed by atoms with Gasteiger partial charge in [-0.25, -0.2) is 9.59 Å². The van der Waals surface area contributed by atoms with Crippen molar-refractivity contribution in [2.45, 2.75) is 70.1 Å². The average Bonchev–Trinajstić information content (AvgIpc) is 3.05. The number of fused-ring (bicyclic) bond motifs is 3. The molecule has 3 rings (SSSR count). The van der Waals surface area contributed by atoms with Crippen molar-refractivity contribution < 1.29 is 38.7 Å². The molecule has 0 aromatic carbocycles. The van der Waals surface area contributed by atoms with Gasteiger partial charge in [-0.05, 0) is 40.2 Å². The summed E-state index contributed by atoms with van der Waals surface area (Å²) in [4.78, 5) is 24.6. The van der Waals surface area contributed by atoms with E-state index in [-0.39, 0.29) is 42.1 Å². The summed E-state index contributed by atoms with van der Waals surface area (Å²) in [6.07, 6.45) is 0.765. The van der Waals surface area contributed by atoms with Crippen molar-refractivity contribution >= 4 is 11.9 Å². The summed E-state index contributed by atoms with van der Waals surface area (Å²) in [7, 11) is 0. The van der Waals surface area contributed by atoms with Crippen molar-refractivity contribution in [3.05, 3.63) is 35.3 Å². The van der Waals surface area contributed by atoms with Crippen LogP contribution in [0.4, 0.5) is 0 Å². The third kappa shape index (κ3) is 3.36. The topological polar surface area (TPSA) is 112 Å². The van der Waals surface area contributed by atoms with Crippen molar-refractivity contribution in [1.82, 2.24) is 0 Å². The maximum absolute atomic E-state index is 12.4. The molecule has 0 aliphatic carbocycles. The molecule has 0 unspecified atom stereocenters. The number of carbonyl (C=O) groups is 2. The monoisotopic (exact) mass is 394 g/mol. The highest BCUT2D eigenvalue weighted by molar-refractivity contribution is 5.93. The van der Waals surface area contributed by atoms with Crippen molar-refractivity contribution in [1.29, 1.82) is 0 Å². The Morgan fingerprint density at radius 2 is 2.04 bits per heavy atom. The summed E-state index contributed by atoms with van der Waals surface area (Å²) in [6, 6.07) is 0. The summed E-state index contributed by atoms with van der Waals surface area (Å²) in [5.41, 5.74) is -2.42. The number of ether oxygens (including phenoxy) is 4. The maximum atomic E-state index is 12.4. The fraction of sp³-hybridized carbons (Fsp3) is 0.600. The minimum Gasteiger partial charge on any atom is -0.486 e. The lowest BCUT2D eigenvalue weighted by Crippen LogP contribution is -2.54. The van der Waals surface area contributed by atoms with Crippen LogP contribution in [0.25, 0.3) is 0 Å². The Bertz CT molecular complexity index is 792. The highest BCUT2D eigenvalue weighted by atomic mass is 16.7. The Morgan fingerprint density at radius 3 is 2.64 bits per heavy atom. The Balaban J connectivity index is 2.18. The number of hydrogen-bond donors (Lipinski definition) is 2. The molecule has 3 aliphatic heterocycles. The van der Waals surface area contributed by atoms with E-state index in [1.165, 1.54) is 13.8 Å². The maximum Gasteiger partial charge on any atom is 0.379 e. The predicted molar refractivity (Wildman–Crippen MR) is 96.4 cm³/mol. The van der Waals surface area contributed by atoms with Gasteiger partial charge < -0.3 is 29.2 Å². The van der Waals surface area contributed by atoms with Gasteiger partial charge in [0.1, 0.15) is 17.5 Å². The second kappa shape index (κ2) is 6.72. The van der Waals surface area contributed by atoms with E-state index in [4.69, 9.17) is 18.9 Å². The van der Waals surface area contributed by atoms with E-state index >= 15 is 0 Å². The Kier molecular flexibility index (Phi) is 4.94. The molecule has 8 nitrogen and oxygen atoms in total. The van der Waals surface area contributed by atoms with Crippen LogP contribution in [-0.4, -0.2) is 51.9 Å². The van der Waals surface area contributed by atoms with Crippen LogP contribution < -0.4 is 0 Å². The quantitative estimate of drug-likeness (QED) is 0.547. The third-order valence-electron chi connectivity index (χ3n) is 5.33. The van der Waals surface area contributed by atoms with E-state index in [0.29, 0.717) is 6.42 Å². The summed E-state index contributed by atoms with van der Waals surface area (Å²) < 4.78 is 22.2. The van der Waals surface area contributed by atoms with Crippen molar-refractivity contribution in [2.75, 3.05) is 6.61 Å². The van der Waals surface area contributed by atoms with Crippen LogP contribution in [0.2, 0.25) is 0 Å². The van der Waals surface area contributed by atoms with Gasteiger partial charge in [0, 0.05) is 18.4 Å². The highest BCUT2D eigenvalue weighted by Crippen LogP contribution is 2.49. The van der Waals surface area contributed by atoms with E-state index in [0.717, 1.165) is 0 Å². The summed E-state index contributed by atoms with van der Waals surface area (Å²) in [6.45, 7) is 10.1. The van der Waals surface area contributed by atoms with Gasteiger partial charge in [-0.2, -0.15) is 0 Å². The van der Waals surface area contributed by atoms with Crippen LogP contribution in [0.1, 0.15) is 47.0 Å². The van der Waals surface area contributed by atoms with Gasteiger partial charge in [0.2, 0.25) is 5.76 Å². The first-order chi connectivity index (χ1) is 12.9. The van der Waals surface area contributed by atoms with Gasteiger partial charge in [0.15, 0.2) is 5.79 Å². The normalized spacial score (nSPS) is 39.1. The molecule has 3 aliphatic rings. The van der Waals surface area contributed by atoms with E-state index in [1.54, 1.807) is 19.9 Å². The molecule has 4 atom stereocenters. The first-order valence-corrected chi connectivity index (χ1v) is 9.25. The molecule has 0 radical (unpaired) electrons. The van der Waals surface area contributed by atoms with Gasteiger partial charge >= 0.3 is 11.9 Å². The third-order valence-corrected chi connectivity index (χ3v) is 5.33. The van der Waals surface area contributed by atoms with Crippen molar-refractivity contribution in [3.63, 3.8) is 0 Å². The van der Waals surface area contributed by atoms with Gasteiger partial charge in [-0.15, -0.1) is 0 Å². The SMILES string of the molecule is C=C(C)C(=O)O[C@@H]1C[C@](C)(O)[C@]2(O)CC[C@@](C)(/C=C3/OC(=O)C(OCC)=C31)O2. The molecule has 0 saturated carbocycles. The summed E-state index contributed by atoms with van der Waals surface area (Å²) in [5.74, 6) is -3.22. The smallest absolute Gasteiger partial charge is 0.379 e. The molecular weight excluding hydrogens is 368 g/mol. The standard InChI is InChI=1S/C20H26O8/c1-6-25-15-14-12(27-17(15)22)9-18(4)7-8-20(24,28-18)19(5,23)10-13(14)26-16(21)11(2)3/h9,13,23-24H,2,6-8,10H2,1,3-5H3/b12-9+/t13-,18+,19+,20+/m1/s1. The van der Waals surface area contributed by atoms with Crippen LogP contribution in [0.15, 0.2) is 35.3 Å². The molecule has 3 heterocycles. The molecule has 2 bridgehead atoms. The first kappa shape index (κ1) is 20.6. The Hall–Kier alpha value is -2.16. The fourth-order valence-corrected chi connectivity index (χ4v) is 3.73. The minimum absolute atomic E-state index is 0.0857. The molecule has 0 aromatic heterocycles. The highest BCUT2D eigenvalue weighted by Gasteiger charge is 2.59. The lowest BCUT2D eigenvalue weighted by Gasteiger charge is -2.40. The summed E-state index contributed by atoms with van der Waals surface area (Å²) in [5, 5.41) is 22.1. The molecule has 0 spiro atoms. The fourth-order valence-electron chi connectivity index (χ4n) is 3.73. The predicted octanol–water partition coefficient (Wildman–Crippen LogP) is 1.62.